The fraction of sp³-hybridized carbons (Fsp3) is 0.375. The van der Waals surface area contributed by atoms with Crippen LogP contribution in [0.15, 0.2) is 15.5 Å². The van der Waals surface area contributed by atoms with Crippen molar-refractivity contribution in [1.82, 2.24) is 9.55 Å². The zero-order valence-electron chi connectivity index (χ0n) is 6.79. The fourth-order valence-corrected chi connectivity index (χ4v) is 1.72. The van der Waals surface area contributed by atoms with Crippen molar-refractivity contribution in [3.63, 3.8) is 0 Å². The van der Waals surface area contributed by atoms with Gasteiger partial charge in [0.2, 0.25) is 0 Å². The molecule has 5 heteroatoms. The maximum Gasteiger partial charge on any atom is 0.268 e. The van der Waals surface area contributed by atoms with Crippen molar-refractivity contribution in [2.45, 2.75) is 19.4 Å². The van der Waals surface area contributed by atoms with E-state index in [1.165, 1.54) is 10.8 Å². The molecule has 0 atom stereocenters. The number of hydrogen-bond acceptors (Lipinski definition) is 3. The molecule has 68 valence electrons. The molecule has 2 rings (SSSR count). The summed E-state index contributed by atoms with van der Waals surface area (Å²) in [5.74, 6) is 0.246. The van der Waals surface area contributed by atoms with Crippen LogP contribution in [0, 0.1) is 0 Å². The Balaban J connectivity index is 2.70. The van der Waals surface area contributed by atoms with Crippen LogP contribution >= 0.6 is 15.9 Å². The van der Waals surface area contributed by atoms with Crippen molar-refractivity contribution >= 4 is 21.7 Å². The molecule has 0 saturated carbocycles. The van der Waals surface area contributed by atoms with Crippen LogP contribution in [0.1, 0.15) is 23.5 Å². The average molecular weight is 243 g/mol. The van der Waals surface area contributed by atoms with Gasteiger partial charge in [0, 0.05) is 19.2 Å². The maximum atomic E-state index is 11.5. The van der Waals surface area contributed by atoms with Gasteiger partial charge >= 0.3 is 0 Å². The topological polar surface area (TPSA) is 52.0 Å². The molecule has 0 aromatic carbocycles. The molecule has 0 amide bonds. The minimum atomic E-state index is -0.168. The van der Waals surface area contributed by atoms with E-state index in [1.807, 2.05) is 0 Å². The Morgan fingerprint density at radius 3 is 3.00 bits per heavy atom. The van der Waals surface area contributed by atoms with E-state index in [9.17, 15) is 9.59 Å². The highest BCUT2D eigenvalue weighted by Crippen LogP contribution is 2.11. The number of aromatic nitrogens is 2. The Morgan fingerprint density at radius 1 is 1.46 bits per heavy atom. The highest BCUT2D eigenvalue weighted by Gasteiger charge is 2.19. The SMILES string of the molecule is O=C1CCCn2c1ncc(Br)c2=O. The van der Waals surface area contributed by atoms with E-state index in [0.717, 1.165) is 6.42 Å². The van der Waals surface area contributed by atoms with Crippen molar-refractivity contribution in [2.75, 3.05) is 0 Å². The van der Waals surface area contributed by atoms with Gasteiger partial charge in [0.1, 0.15) is 4.47 Å². The van der Waals surface area contributed by atoms with Gasteiger partial charge in [-0.3, -0.25) is 14.2 Å². The van der Waals surface area contributed by atoms with Crippen LogP contribution in [0.2, 0.25) is 0 Å². The monoisotopic (exact) mass is 242 g/mol. The van der Waals surface area contributed by atoms with Crippen molar-refractivity contribution in [2.24, 2.45) is 0 Å². The maximum absolute atomic E-state index is 11.5. The molecule has 0 spiro atoms. The Labute approximate surface area is 82.7 Å². The summed E-state index contributed by atoms with van der Waals surface area (Å²) >= 11 is 3.09. The number of halogens is 1. The smallest absolute Gasteiger partial charge is 0.268 e. The van der Waals surface area contributed by atoms with Crippen LogP contribution in [-0.4, -0.2) is 15.3 Å². The highest BCUT2D eigenvalue weighted by molar-refractivity contribution is 9.10. The summed E-state index contributed by atoms with van der Waals surface area (Å²) in [7, 11) is 0. The van der Waals surface area contributed by atoms with E-state index in [1.54, 1.807) is 0 Å². The number of carbonyl (C=O) groups is 1. The van der Waals surface area contributed by atoms with E-state index in [4.69, 9.17) is 0 Å². The van der Waals surface area contributed by atoms with Crippen molar-refractivity contribution in [1.29, 1.82) is 0 Å². The molecule has 0 unspecified atom stereocenters. The molecule has 0 fully saturated rings. The van der Waals surface area contributed by atoms with E-state index in [2.05, 4.69) is 20.9 Å². The van der Waals surface area contributed by atoms with Crippen molar-refractivity contribution in [3.05, 3.63) is 26.8 Å². The van der Waals surface area contributed by atoms with Gasteiger partial charge in [-0.25, -0.2) is 4.98 Å². The zero-order chi connectivity index (χ0) is 9.42. The summed E-state index contributed by atoms with van der Waals surface area (Å²) in [6.45, 7) is 0.590. The standard InChI is InChI=1S/C8H7BrN2O2/c9-5-4-10-7-6(12)2-1-3-11(7)8(5)13/h4H,1-3H2. The van der Waals surface area contributed by atoms with Crippen LogP contribution in [0.3, 0.4) is 0 Å². The number of fused-ring (bicyclic) bond motifs is 1. The summed E-state index contributed by atoms with van der Waals surface area (Å²) in [6, 6.07) is 0. The predicted molar refractivity (Wildman–Crippen MR) is 49.8 cm³/mol. The lowest BCUT2D eigenvalue weighted by Crippen LogP contribution is -2.31. The van der Waals surface area contributed by atoms with Gasteiger partial charge in [0.25, 0.3) is 5.56 Å². The van der Waals surface area contributed by atoms with Gasteiger partial charge in [-0.2, -0.15) is 0 Å². The second-order valence-corrected chi connectivity index (χ2v) is 3.77. The molecule has 13 heavy (non-hydrogen) atoms. The normalized spacial score (nSPS) is 15.6. The van der Waals surface area contributed by atoms with Gasteiger partial charge in [-0.15, -0.1) is 0 Å². The molecule has 1 aliphatic rings. The number of ketones is 1. The van der Waals surface area contributed by atoms with Gasteiger partial charge < -0.3 is 0 Å². The largest absolute Gasteiger partial charge is 0.291 e. The summed E-state index contributed by atoms with van der Waals surface area (Å²) in [4.78, 5) is 26.7. The lowest BCUT2D eigenvalue weighted by atomic mass is 10.1. The molecular weight excluding hydrogens is 236 g/mol. The molecular formula is C8H7BrN2O2. The first-order valence-corrected chi connectivity index (χ1v) is 4.78. The Kier molecular flexibility index (Phi) is 2.03. The number of carbonyl (C=O) groups excluding carboxylic acids is 1. The van der Waals surface area contributed by atoms with E-state index in [-0.39, 0.29) is 11.3 Å². The van der Waals surface area contributed by atoms with Crippen LogP contribution < -0.4 is 5.56 Å². The molecule has 1 aromatic rings. The second-order valence-electron chi connectivity index (χ2n) is 2.91. The van der Waals surface area contributed by atoms with Crippen LogP contribution in [0.25, 0.3) is 0 Å². The van der Waals surface area contributed by atoms with E-state index < -0.39 is 0 Å². The quantitative estimate of drug-likeness (QED) is 0.682. The molecule has 2 heterocycles. The predicted octanol–water partition coefficient (Wildman–Crippen LogP) is 0.982. The summed E-state index contributed by atoms with van der Waals surface area (Å²) in [5.41, 5.74) is -0.168. The van der Waals surface area contributed by atoms with Gasteiger partial charge in [0.05, 0.1) is 0 Å². The van der Waals surface area contributed by atoms with Crippen molar-refractivity contribution < 1.29 is 4.79 Å². The Bertz CT molecular complexity index is 425. The lowest BCUT2D eigenvalue weighted by molar-refractivity contribution is 0.0945. The minimum Gasteiger partial charge on any atom is -0.291 e. The first-order valence-electron chi connectivity index (χ1n) is 3.98. The summed E-state index contributed by atoms with van der Waals surface area (Å²) in [5, 5.41) is 0. The summed E-state index contributed by atoms with van der Waals surface area (Å²) < 4.78 is 1.83. The molecule has 4 nitrogen and oxygen atoms in total. The second kappa shape index (κ2) is 3.06. The molecule has 0 radical (unpaired) electrons. The molecule has 0 N–H and O–H groups in total. The lowest BCUT2D eigenvalue weighted by Gasteiger charge is -2.15. The molecule has 0 saturated heterocycles. The Hall–Kier alpha value is -0.970. The number of nitrogens with zero attached hydrogens (tertiary/aromatic N) is 2. The van der Waals surface area contributed by atoms with Crippen molar-refractivity contribution in [3.8, 4) is 0 Å². The van der Waals surface area contributed by atoms with Crippen LogP contribution in [0.5, 0.6) is 0 Å². The average Bonchev–Trinajstić information content (AvgIpc) is 2.12. The first kappa shape index (κ1) is 8.62. The van der Waals surface area contributed by atoms with Gasteiger partial charge in [-0.05, 0) is 22.4 Å². The number of Topliss-reactive ketones (excluding diaryl/α,β-unsaturated/α-hetero) is 1. The van der Waals surface area contributed by atoms with Crippen LogP contribution in [-0.2, 0) is 6.54 Å². The van der Waals surface area contributed by atoms with E-state index >= 15 is 0 Å². The summed E-state index contributed by atoms with van der Waals surface area (Å²) in [6.07, 6.45) is 2.61. The van der Waals surface area contributed by atoms with Gasteiger partial charge in [0.15, 0.2) is 11.6 Å². The van der Waals surface area contributed by atoms with E-state index in [0.29, 0.717) is 23.3 Å². The third-order valence-corrected chi connectivity index (χ3v) is 2.58. The molecule has 0 bridgehead atoms. The number of rotatable bonds is 0. The van der Waals surface area contributed by atoms with Gasteiger partial charge in [-0.1, -0.05) is 0 Å². The highest BCUT2D eigenvalue weighted by atomic mass is 79.9. The molecule has 1 aliphatic heterocycles. The fourth-order valence-electron chi connectivity index (χ4n) is 1.41. The van der Waals surface area contributed by atoms with Crippen LogP contribution in [0.4, 0.5) is 0 Å². The minimum absolute atomic E-state index is 0.0455. The number of hydrogen-bond donors (Lipinski definition) is 0. The third-order valence-electron chi connectivity index (χ3n) is 2.04. The first-order chi connectivity index (χ1) is 6.20. The molecule has 1 aromatic heterocycles. The third kappa shape index (κ3) is 1.33. The Morgan fingerprint density at radius 2 is 2.23 bits per heavy atom. The zero-order valence-corrected chi connectivity index (χ0v) is 8.37. The molecule has 0 aliphatic carbocycles.